The maximum absolute atomic E-state index is 15.5. The molecule has 5 heteroatoms. The molecule has 11 aromatic rings. The van der Waals surface area contributed by atoms with Crippen molar-refractivity contribution in [1.29, 1.82) is 0 Å². The van der Waals surface area contributed by atoms with Crippen LogP contribution in [-0.4, -0.2) is 4.57 Å². The van der Waals surface area contributed by atoms with Crippen LogP contribution in [0.15, 0.2) is 206 Å². The van der Waals surface area contributed by atoms with Crippen LogP contribution in [0.2, 0.25) is 0 Å². The molecular weight excluding hydrogens is 747 g/mol. The highest BCUT2D eigenvalue weighted by Crippen LogP contribution is 2.42. The Balaban J connectivity index is 0.993. The summed E-state index contributed by atoms with van der Waals surface area (Å²) in [5, 5.41) is 3.93. The Morgan fingerprint density at radius 1 is 0.407 bits per heavy atom. The second-order valence-corrected chi connectivity index (χ2v) is 15.9. The van der Waals surface area contributed by atoms with Gasteiger partial charge in [0.15, 0.2) is 0 Å². The first-order chi connectivity index (χ1) is 29.1. The minimum absolute atomic E-state index is 0.351. The predicted octanol–water partition coefficient (Wildman–Crippen LogP) is 15.9. The van der Waals surface area contributed by atoms with Crippen LogP contribution in [0.25, 0.3) is 81.0 Å². The first kappa shape index (κ1) is 34.9. The first-order valence-electron chi connectivity index (χ1n) is 19.6. The van der Waals surface area contributed by atoms with E-state index >= 15 is 4.39 Å². The second kappa shape index (κ2) is 14.2. The van der Waals surface area contributed by atoms with E-state index in [0.717, 1.165) is 50.5 Å². The summed E-state index contributed by atoms with van der Waals surface area (Å²) >= 11 is 1.85. The van der Waals surface area contributed by atoms with Gasteiger partial charge < -0.3 is 9.47 Å². The number of fused-ring (bicyclic) bond motifs is 6. The molecule has 0 radical (unpaired) electrons. The van der Waals surface area contributed by atoms with Crippen LogP contribution in [-0.2, 0) is 0 Å². The largest absolute Gasteiger partial charge is 0.310 e. The quantitative estimate of drug-likeness (QED) is 0.156. The average Bonchev–Trinajstić information content (AvgIpc) is 3.84. The van der Waals surface area contributed by atoms with E-state index < -0.39 is 0 Å². The van der Waals surface area contributed by atoms with Gasteiger partial charge in [0.05, 0.1) is 11.0 Å². The third-order valence-electron chi connectivity index (χ3n) is 11.3. The SMILES string of the molecule is Fc1ccc2c(c1)c1cccc(F)c1n2-c1cccc(-c2ccc(N(c3ccc(-c4cccc5c4sc4ccccc45)cc3)c3cccc(-c4ccccc4)c3)cc2)c1. The first-order valence-corrected chi connectivity index (χ1v) is 20.4. The molecule has 0 aliphatic heterocycles. The molecule has 0 saturated carbocycles. The zero-order valence-corrected chi connectivity index (χ0v) is 32.5. The molecule has 0 amide bonds. The number of halogens is 2. The molecule has 0 fully saturated rings. The van der Waals surface area contributed by atoms with E-state index in [1.54, 1.807) is 12.1 Å². The molecule has 2 aromatic heterocycles. The van der Waals surface area contributed by atoms with Gasteiger partial charge in [-0.1, -0.05) is 127 Å². The topological polar surface area (TPSA) is 8.17 Å². The Morgan fingerprint density at radius 3 is 1.85 bits per heavy atom. The summed E-state index contributed by atoms with van der Waals surface area (Å²) in [7, 11) is 0. The summed E-state index contributed by atoms with van der Waals surface area (Å²) in [5.74, 6) is -0.702. The molecule has 0 bridgehead atoms. The molecule has 0 aliphatic rings. The van der Waals surface area contributed by atoms with Crippen molar-refractivity contribution in [3.63, 3.8) is 0 Å². The number of hydrogen-bond donors (Lipinski definition) is 0. The molecule has 0 N–H and O–H groups in total. The number of para-hydroxylation sites is 1. The van der Waals surface area contributed by atoms with Gasteiger partial charge in [-0.15, -0.1) is 11.3 Å². The smallest absolute Gasteiger partial charge is 0.147 e. The standard InChI is InChI=1S/C54H34F2N2S/c55-40-26-31-51-49(34-40)47-18-9-20-50(56)53(47)58(51)44-15-7-13-39(33-44)36-22-27-41(28-23-36)57(43-14-6-12-38(32-43)35-10-2-1-3-11-35)42-29-24-37(25-30-42)45-17-8-19-48-46-16-4-5-21-52(46)59-54(45)48/h1-34H. The Morgan fingerprint density at radius 2 is 1.03 bits per heavy atom. The van der Waals surface area contributed by atoms with Crippen LogP contribution >= 0.6 is 11.3 Å². The van der Waals surface area contributed by atoms with Gasteiger partial charge in [0, 0.05) is 53.7 Å². The lowest BCUT2D eigenvalue weighted by Crippen LogP contribution is -2.10. The fraction of sp³-hybridized carbons (Fsp3) is 0. The highest BCUT2D eigenvalue weighted by Gasteiger charge is 2.18. The van der Waals surface area contributed by atoms with E-state index in [1.807, 2.05) is 40.2 Å². The maximum Gasteiger partial charge on any atom is 0.147 e. The van der Waals surface area contributed by atoms with Crippen LogP contribution in [0.4, 0.5) is 25.8 Å². The van der Waals surface area contributed by atoms with Crippen LogP contribution in [0, 0.1) is 11.6 Å². The Labute approximate surface area is 344 Å². The third kappa shape index (κ3) is 6.06. The minimum atomic E-state index is -0.351. The number of rotatable bonds is 7. The lowest BCUT2D eigenvalue weighted by Gasteiger charge is -2.26. The molecule has 11 rings (SSSR count). The van der Waals surface area contributed by atoms with Gasteiger partial charge in [0.2, 0.25) is 0 Å². The molecule has 0 unspecified atom stereocenters. The van der Waals surface area contributed by atoms with Gasteiger partial charge in [-0.3, -0.25) is 0 Å². The molecule has 0 atom stereocenters. The molecule has 0 aliphatic carbocycles. The van der Waals surface area contributed by atoms with E-state index in [2.05, 4.69) is 157 Å². The van der Waals surface area contributed by atoms with Crippen molar-refractivity contribution < 1.29 is 8.78 Å². The summed E-state index contributed by atoms with van der Waals surface area (Å²) in [6.07, 6.45) is 0. The molecule has 2 heterocycles. The number of benzene rings is 9. The zero-order chi connectivity index (χ0) is 39.5. The summed E-state index contributed by atoms with van der Waals surface area (Å²) in [5.41, 5.74) is 11.8. The normalized spacial score (nSPS) is 11.6. The van der Waals surface area contributed by atoms with Gasteiger partial charge in [-0.2, -0.15) is 0 Å². The molecule has 2 nitrogen and oxygen atoms in total. The van der Waals surface area contributed by atoms with Crippen molar-refractivity contribution in [2.45, 2.75) is 0 Å². The molecule has 0 spiro atoms. The van der Waals surface area contributed by atoms with E-state index in [9.17, 15) is 4.39 Å². The van der Waals surface area contributed by atoms with Crippen LogP contribution < -0.4 is 4.90 Å². The number of aromatic nitrogens is 1. The third-order valence-corrected chi connectivity index (χ3v) is 12.5. The van der Waals surface area contributed by atoms with Crippen LogP contribution in [0.1, 0.15) is 0 Å². The molecule has 59 heavy (non-hydrogen) atoms. The van der Waals surface area contributed by atoms with Crippen LogP contribution in [0.3, 0.4) is 0 Å². The van der Waals surface area contributed by atoms with E-state index in [1.165, 1.54) is 49.5 Å². The van der Waals surface area contributed by atoms with Crippen LogP contribution in [0.5, 0.6) is 0 Å². The lowest BCUT2D eigenvalue weighted by molar-refractivity contribution is 0.629. The van der Waals surface area contributed by atoms with Crippen molar-refractivity contribution in [3.8, 4) is 39.1 Å². The summed E-state index contributed by atoms with van der Waals surface area (Å²) in [6, 6.07) is 69.6. The Bertz CT molecular complexity index is 3350. The van der Waals surface area contributed by atoms with E-state index in [-0.39, 0.29) is 11.6 Å². The predicted molar refractivity (Wildman–Crippen MR) is 245 cm³/mol. The highest BCUT2D eigenvalue weighted by molar-refractivity contribution is 7.26. The van der Waals surface area contributed by atoms with E-state index in [0.29, 0.717) is 16.3 Å². The average molecular weight is 781 g/mol. The van der Waals surface area contributed by atoms with Gasteiger partial charge in [0.25, 0.3) is 0 Å². The number of nitrogens with zero attached hydrogens (tertiary/aromatic N) is 2. The summed E-state index contributed by atoms with van der Waals surface area (Å²) in [4.78, 5) is 2.30. The molecule has 9 aromatic carbocycles. The number of anilines is 3. The minimum Gasteiger partial charge on any atom is -0.310 e. The Kier molecular flexibility index (Phi) is 8.42. The van der Waals surface area contributed by atoms with Crippen molar-refractivity contribution in [2.75, 3.05) is 4.90 Å². The van der Waals surface area contributed by atoms with Gasteiger partial charge in [-0.25, -0.2) is 8.78 Å². The van der Waals surface area contributed by atoms with Crippen molar-refractivity contribution >= 4 is 70.4 Å². The van der Waals surface area contributed by atoms with Gasteiger partial charge in [-0.05, 0) is 112 Å². The fourth-order valence-corrected chi connectivity index (χ4v) is 9.80. The van der Waals surface area contributed by atoms with Crippen molar-refractivity contribution in [3.05, 3.63) is 218 Å². The van der Waals surface area contributed by atoms with E-state index in [4.69, 9.17) is 0 Å². The lowest BCUT2D eigenvalue weighted by atomic mass is 10.0. The van der Waals surface area contributed by atoms with Gasteiger partial charge >= 0.3 is 0 Å². The molecular formula is C54H34F2N2S. The zero-order valence-electron chi connectivity index (χ0n) is 31.7. The summed E-state index contributed by atoms with van der Waals surface area (Å²) in [6.45, 7) is 0. The monoisotopic (exact) mass is 780 g/mol. The van der Waals surface area contributed by atoms with Crippen molar-refractivity contribution in [1.82, 2.24) is 4.57 Å². The van der Waals surface area contributed by atoms with Crippen molar-refractivity contribution in [2.24, 2.45) is 0 Å². The van der Waals surface area contributed by atoms with Gasteiger partial charge in [0.1, 0.15) is 11.6 Å². The highest BCUT2D eigenvalue weighted by atomic mass is 32.1. The number of thiophene rings is 1. The second-order valence-electron chi connectivity index (χ2n) is 14.8. The fourth-order valence-electron chi connectivity index (χ4n) is 8.56. The maximum atomic E-state index is 15.5. The molecule has 280 valence electrons. The Hall–Kier alpha value is -7.34. The summed E-state index contributed by atoms with van der Waals surface area (Å²) < 4.78 is 34.4. The molecule has 0 saturated heterocycles. The number of hydrogen-bond acceptors (Lipinski definition) is 2.